The molecule has 0 spiro atoms. The zero-order valence-electron chi connectivity index (χ0n) is 28.5. The Balaban J connectivity index is 1.28. The van der Waals surface area contributed by atoms with Gasteiger partial charge in [0.1, 0.15) is 29.0 Å². The Morgan fingerprint density at radius 2 is 1.47 bits per heavy atom. The third-order valence-corrected chi connectivity index (χ3v) is 9.05. The van der Waals surface area contributed by atoms with Gasteiger partial charge in [-0.3, -0.25) is 4.79 Å². The average molecular weight is 717 g/mol. The van der Waals surface area contributed by atoms with E-state index in [1.807, 2.05) is 30.3 Å². The molecule has 12 nitrogen and oxygen atoms in total. The highest BCUT2D eigenvalue weighted by Crippen LogP contribution is 2.30. The Hall–Kier alpha value is -5.56. The molecule has 1 aliphatic heterocycles. The number of amides is 2. The highest BCUT2D eigenvalue weighted by Gasteiger charge is 2.35. The quantitative estimate of drug-likeness (QED) is 0.145. The molecule has 0 radical (unpaired) electrons. The van der Waals surface area contributed by atoms with E-state index >= 15 is 0 Å². The van der Waals surface area contributed by atoms with Gasteiger partial charge < -0.3 is 33.7 Å². The lowest BCUT2D eigenvalue weighted by Crippen LogP contribution is -2.51. The maximum atomic E-state index is 13.4. The van der Waals surface area contributed by atoms with Gasteiger partial charge in [-0.2, -0.15) is 8.42 Å². The number of rotatable bonds is 10. The summed E-state index contributed by atoms with van der Waals surface area (Å²) in [5, 5.41) is 12.5. The van der Waals surface area contributed by atoms with Crippen molar-refractivity contribution in [2.75, 3.05) is 13.1 Å². The lowest BCUT2D eigenvalue weighted by atomic mass is 10.1. The molecule has 268 valence electrons. The van der Waals surface area contributed by atoms with Crippen molar-refractivity contribution in [3.8, 4) is 17.2 Å². The van der Waals surface area contributed by atoms with Crippen LogP contribution in [-0.4, -0.2) is 67.2 Å². The number of nitrogens with one attached hydrogen (secondary N) is 1. The predicted molar refractivity (Wildman–Crippen MR) is 187 cm³/mol. The van der Waals surface area contributed by atoms with E-state index in [1.165, 1.54) is 59.5 Å². The van der Waals surface area contributed by atoms with Crippen LogP contribution in [0, 0.1) is 0 Å². The summed E-state index contributed by atoms with van der Waals surface area (Å²) >= 11 is 0. The molecule has 0 unspecified atom stereocenters. The highest BCUT2D eigenvalue weighted by atomic mass is 32.2. The van der Waals surface area contributed by atoms with Crippen molar-refractivity contribution in [2.45, 2.75) is 62.9 Å². The van der Waals surface area contributed by atoms with Gasteiger partial charge in [-0.05, 0) is 99.8 Å². The number of phenolic OH excluding ortho intramolecular Hbond substituents is 1. The number of para-hydroxylation sites is 2. The van der Waals surface area contributed by atoms with Crippen LogP contribution >= 0.6 is 0 Å². The molecule has 1 saturated heterocycles. The third kappa shape index (κ3) is 10.2. The van der Waals surface area contributed by atoms with Crippen LogP contribution in [-0.2, 0) is 26.2 Å². The first kappa shape index (κ1) is 36.7. The summed E-state index contributed by atoms with van der Waals surface area (Å²) < 4.78 is 49.2. The van der Waals surface area contributed by atoms with Crippen molar-refractivity contribution in [2.24, 2.45) is 0 Å². The van der Waals surface area contributed by atoms with Gasteiger partial charge in [0, 0.05) is 18.7 Å². The summed E-state index contributed by atoms with van der Waals surface area (Å²) in [7, 11) is -4.32. The van der Waals surface area contributed by atoms with Crippen molar-refractivity contribution >= 4 is 28.1 Å². The molecule has 51 heavy (non-hydrogen) atoms. The summed E-state index contributed by atoms with van der Waals surface area (Å²) in [6.45, 7) is 5.77. The first-order chi connectivity index (χ1) is 24.3. The smallest absolute Gasteiger partial charge is 0.410 e. The van der Waals surface area contributed by atoms with Crippen LogP contribution in [0.5, 0.6) is 17.2 Å². The number of phenols is 1. The van der Waals surface area contributed by atoms with Crippen molar-refractivity contribution in [3.63, 3.8) is 0 Å². The first-order valence-electron chi connectivity index (χ1n) is 16.4. The number of benzene rings is 4. The monoisotopic (exact) mass is 716 g/mol. The Morgan fingerprint density at radius 3 is 2.14 bits per heavy atom. The number of esters is 1. The number of hydrogen-bond donors (Lipinski definition) is 2. The van der Waals surface area contributed by atoms with E-state index in [4.69, 9.17) is 18.4 Å². The van der Waals surface area contributed by atoms with E-state index in [2.05, 4.69) is 5.32 Å². The van der Waals surface area contributed by atoms with E-state index in [0.717, 1.165) is 5.56 Å². The van der Waals surface area contributed by atoms with Crippen molar-refractivity contribution < 1.29 is 46.3 Å². The van der Waals surface area contributed by atoms with Gasteiger partial charge in [-0.15, -0.1) is 0 Å². The summed E-state index contributed by atoms with van der Waals surface area (Å²) in [5.74, 6) is -1.00. The Morgan fingerprint density at radius 1 is 0.843 bits per heavy atom. The molecule has 2 amide bonds. The van der Waals surface area contributed by atoms with Gasteiger partial charge in [0.05, 0.1) is 11.6 Å². The van der Waals surface area contributed by atoms with Crippen molar-refractivity contribution in [3.05, 3.63) is 120 Å². The van der Waals surface area contributed by atoms with E-state index in [-0.39, 0.29) is 46.4 Å². The van der Waals surface area contributed by atoms with E-state index in [1.54, 1.807) is 39.0 Å². The second kappa shape index (κ2) is 16.0. The molecule has 5 rings (SSSR count). The molecular weight excluding hydrogens is 676 g/mol. The fourth-order valence-electron chi connectivity index (χ4n) is 5.27. The molecule has 0 saturated carbocycles. The Labute approximate surface area is 297 Å². The van der Waals surface area contributed by atoms with E-state index < -0.39 is 45.8 Å². The SMILES string of the molecule is CC(C)(C)OC(=O)N1CCC[C@@H](OC(=O)c2ccc(S(=O)(=O)Oc3ccccc3OCc3ccccc3)cc2)[C@H](NC(=O)c2ccc(O)cc2)C1. The van der Waals surface area contributed by atoms with Gasteiger partial charge in [-0.25, -0.2) is 9.59 Å². The van der Waals surface area contributed by atoms with Crippen LogP contribution in [0.4, 0.5) is 4.79 Å². The molecule has 13 heteroatoms. The fourth-order valence-corrected chi connectivity index (χ4v) is 6.21. The third-order valence-electron chi connectivity index (χ3n) is 7.80. The predicted octanol–water partition coefficient (Wildman–Crippen LogP) is 6.09. The average Bonchev–Trinajstić information content (AvgIpc) is 3.29. The second-order valence-corrected chi connectivity index (χ2v) is 14.5. The van der Waals surface area contributed by atoms with Crippen molar-refractivity contribution in [1.82, 2.24) is 10.2 Å². The zero-order valence-corrected chi connectivity index (χ0v) is 29.3. The number of likely N-dealkylation sites (tertiary alicyclic amines) is 1. The Bertz CT molecular complexity index is 1930. The summed E-state index contributed by atoms with van der Waals surface area (Å²) in [6, 6.07) is 25.7. The molecule has 2 N–H and O–H groups in total. The number of carbonyl (C=O) groups excluding carboxylic acids is 3. The maximum Gasteiger partial charge on any atom is 0.410 e. The van der Waals surface area contributed by atoms with Gasteiger partial charge >= 0.3 is 22.2 Å². The lowest BCUT2D eigenvalue weighted by Gasteiger charge is -2.30. The standard InChI is InChI=1S/C38H40N2O10S/c1-38(2,3)49-37(44)40-23-9-14-32(31(24-40)39-35(42)27-15-19-29(41)20-16-27)48-36(43)28-17-21-30(22-18-28)51(45,46)50-34-13-8-7-12-33(34)47-25-26-10-5-4-6-11-26/h4-8,10-13,15-22,31-32,41H,9,14,23-25H2,1-3H3,(H,39,42)/t31-,32-/m1/s1. The molecule has 1 aliphatic rings. The molecule has 1 heterocycles. The fraction of sp³-hybridized carbons (Fsp3) is 0.289. The lowest BCUT2D eigenvalue weighted by molar-refractivity contribution is 0.0127. The van der Waals surface area contributed by atoms with Crippen LogP contribution in [0.25, 0.3) is 0 Å². The number of hydrogen-bond acceptors (Lipinski definition) is 10. The molecule has 0 aliphatic carbocycles. The van der Waals surface area contributed by atoms with Gasteiger partial charge in [0.15, 0.2) is 11.5 Å². The first-order valence-corrected chi connectivity index (χ1v) is 17.8. The number of carbonyl (C=O) groups is 3. The summed E-state index contributed by atoms with van der Waals surface area (Å²) in [4.78, 5) is 40.8. The molecule has 0 bridgehead atoms. The topological polar surface area (TPSA) is 158 Å². The molecule has 2 atom stereocenters. The van der Waals surface area contributed by atoms with E-state index in [9.17, 15) is 27.9 Å². The van der Waals surface area contributed by atoms with E-state index in [0.29, 0.717) is 19.4 Å². The molecule has 4 aromatic carbocycles. The Kier molecular flexibility index (Phi) is 11.5. The summed E-state index contributed by atoms with van der Waals surface area (Å²) in [5.41, 5.74) is 0.477. The zero-order chi connectivity index (χ0) is 36.6. The number of ether oxygens (including phenoxy) is 3. The van der Waals surface area contributed by atoms with Crippen LogP contribution in [0.15, 0.2) is 108 Å². The molecule has 4 aromatic rings. The minimum Gasteiger partial charge on any atom is -0.508 e. The maximum absolute atomic E-state index is 13.4. The van der Waals surface area contributed by atoms with Gasteiger partial charge in [-0.1, -0.05) is 42.5 Å². The highest BCUT2D eigenvalue weighted by molar-refractivity contribution is 7.87. The number of aromatic hydroxyl groups is 1. The second-order valence-electron chi connectivity index (χ2n) is 12.9. The minimum absolute atomic E-state index is 0.00173. The van der Waals surface area contributed by atoms with Crippen LogP contribution in [0.2, 0.25) is 0 Å². The van der Waals surface area contributed by atoms with Crippen LogP contribution in [0.1, 0.15) is 59.9 Å². The summed E-state index contributed by atoms with van der Waals surface area (Å²) in [6.07, 6.45) is -0.640. The van der Waals surface area contributed by atoms with Crippen LogP contribution in [0.3, 0.4) is 0 Å². The number of nitrogens with zero attached hydrogens (tertiary/aromatic N) is 1. The largest absolute Gasteiger partial charge is 0.508 e. The van der Waals surface area contributed by atoms with Crippen molar-refractivity contribution in [1.29, 1.82) is 0 Å². The minimum atomic E-state index is -4.32. The van der Waals surface area contributed by atoms with Gasteiger partial charge in [0.25, 0.3) is 5.91 Å². The normalized spacial score (nSPS) is 16.3. The van der Waals surface area contributed by atoms with Crippen LogP contribution < -0.4 is 14.2 Å². The molecule has 1 fully saturated rings. The van der Waals surface area contributed by atoms with Gasteiger partial charge in [0.2, 0.25) is 0 Å². The molecular formula is C38H40N2O10S. The molecule has 0 aromatic heterocycles.